The monoisotopic (exact) mass is 608 g/mol. The highest BCUT2D eigenvalue weighted by atomic mass is 35.5. The summed E-state index contributed by atoms with van der Waals surface area (Å²) in [4.78, 5) is 26.7. The van der Waals surface area contributed by atoms with Gasteiger partial charge in [0.15, 0.2) is 8.32 Å². The van der Waals surface area contributed by atoms with Crippen LogP contribution >= 0.6 is 11.6 Å². The molecule has 2 rings (SSSR count). The number of hydrogen-bond donors (Lipinski definition) is 1. The Balaban J connectivity index is 2.36. The highest BCUT2D eigenvalue weighted by Gasteiger charge is 2.41. The fourth-order valence-electron chi connectivity index (χ4n) is 3.80. The first-order valence-electron chi connectivity index (χ1n) is 13.8. The first-order chi connectivity index (χ1) is 18.8. The first-order valence-corrected chi connectivity index (χ1v) is 17.1. The van der Waals surface area contributed by atoms with Crippen LogP contribution in [0.5, 0.6) is 0 Å². The smallest absolute Gasteiger partial charge is 0.410 e. The van der Waals surface area contributed by atoms with Crippen LogP contribution in [-0.4, -0.2) is 57.1 Å². The SMILES string of the molecule is COC(=O)Cc1ccc(NCC(C)N(CC(O[Si](C)(C)C(C)(C)C)c2cccc(Cl)c2)C(=O)OC(C)(C)C)c(F)c1. The lowest BCUT2D eigenvalue weighted by Gasteiger charge is -2.41. The van der Waals surface area contributed by atoms with Crippen molar-refractivity contribution < 1.29 is 27.9 Å². The molecule has 2 unspecified atom stereocenters. The van der Waals surface area contributed by atoms with E-state index in [2.05, 4.69) is 43.9 Å². The highest BCUT2D eigenvalue weighted by Crippen LogP contribution is 2.40. The van der Waals surface area contributed by atoms with Crippen molar-refractivity contribution in [2.24, 2.45) is 0 Å². The van der Waals surface area contributed by atoms with Crippen LogP contribution < -0.4 is 5.32 Å². The highest BCUT2D eigenvalue weighted by molar-refractivity contribution is 6.74. The lowest BCUT2D eigenvalue weighted by atomic mass is 10.1. The van der Waals surface area contributed by atoms with E-state index in [-0.39, 0.29) is 30.2 Å². The van der Waals surface area contributed by atoms with Crippen molar-refractivity contribution in [2.75, 3.05) is 25.5 Å². The molecule has 10 heteroatoms. The first kappa shape index (κ1) is 34.6. The number of hydrogen-bond acceptors (Lipinski definition) is 6. The molecule has 0 bridgehead atoms. The maximum Gasteiger partial charge on any atom is 0.410 e. The fraction of sp³-hybridized carbons (Fsp3) is 0.548. The van der Waals surface area contributed by atoms with Gasteiger partial charge < -0.3 is 24.1 Å². The quantitative estimate of drug-likeness (QED) is 0.206. The Morgan fingerprint density at radius 1 is 1.07 bits per heavy atom. The van der Waals surface area contributed by atoms with Crippen molar-refractivity contribution in [3.8, 4) is 0 Å². The second kappa shape index (κ2) is 14.0. The van der Waals surface area contributed by atoms with E-state index in [0.29, 0.717) is 10.6 Å². The lowest BCUT2D eigenvalue weighted by molar-refractivity contribution is -0.139. The zero-order chi connectivity index (χ0) is 31.2. The van der Waals surface area contributed by atoms with Crippen LogP contribution in [0.2, 0.25) is 23.2 Å². The van der Waals surface area contributed by atoms with Gasteiger partial charge in [-0.25, -0.2) is 9.18 Å². The Bertz CT molecular complexity index is 1200. The molecule has 0 aliphatic heterocycles. The van der Waals surface area contributed by atoms with Crippen molar-refractivity contribution in [3.63, 3.8) is 0 Å². The van der Waals surface area contributed by atoms with E-state index >= 15 is 0 Å². The molecule has 0 saturated heterocycles. The third kappa shape index (κ3) is 10.6. The molecule has 7 nitrogen and oxygen atoms in total. The van der Waals surface area contributed by atoms with Gasteiger partial charge in [0.1, 0.15) is 11.4 Å². The molecule has 0 fully saturated rings. The molecule has 1 N–H and O–H groups in total. The Hall–Kier alpha value is -2.62. The summed E-state index contributed by atoms with van der Waals surface area (Å²) in [5, 5.41) is 3.62. The third-order valence-electron chi connectivity index (χ3n) is 7.18. The van der Waals surface area contributed by atoms with E-state index in [4.69, 9.17) is 20.8 Å². The molecule has 0 radical (unpaired) electrons. The molecule has 1 amide bonds. The Morgan fingerprint density at radius 2 is 1.73 bits per heavy atom. The molecule has 2 atom stereocenters. The minimum atomic E-state index is -2.27. The minimum Gasteiger partial charge on any atom is -0.469 e. The maximum atomic E-state index is 14.9. The number of carbonyl (C=O) groups excluding carboxylic acids is 2. The van der Waals surface area contributed by atoms with Gasteiger partial charge in [-0.3, -0.25) is 4.79 Å². The van der Waals surface area contributed by atoms with Crippen LogP contribution in [0.3, 0.4) is 0 Å². The Labute approximate surface area is 250 Å². The average Bonchev–Trinajstić information content (AvgIpc) is 2.83. The molecule has 41 heavy (non-hydrogen) atoms. The predicted octanol–water partition coefficient (Wildman–Crippen LogP) is 8.00. The summed E-state index contributed by atoms with van der Waals surface area (Å²) in [6, 6.07) is 11.6. The molecule has 0 heterocycles. The second-order valence-corrected chi connectivity index (χ2v) is 18.0. The topological polar surface area (TPSA) is 77.1 Å². The molecule has 0 aromatic heterocycles. The largest absolute Gasteiger partial charge is 0.469 e. The van der Waals surface area contributed by atoms with Crippen LogP contribution in [0.15, 0.2) is 42.5 Å². The number of anilines is 1. The van der Waals surface area contributed by atoms with E-state index in [1.54, 1.807) is 23.1 Å². The number of nitrogens with zero attached hydrogens (tertiary/aromatic N) is 1. The van der Waals surface area contributed by atoms with Crippen LogP contribution in [0.25, 0.3) is 0 Å². The van der Waals surface area contributed by atoms with Crippen LogP contribution in [-0.2, 0) is 25.1 Å². The molecule has 0 aliphatic rings. The molecule has 0 saturated carbocycles. The van der Waals surface area contributed by atoms with Crippen molar-refractivity contribution in [1.29, 1.82) is 0 Å². The summed E-state index contributed by atoms with van der Waals surface area (Å²) in [6.07, 6.45) is -0.971. The number of amides is 1. The normalized spacial score (nSPS) is 13.8. The number of halogens is 2. The van der Waals surface area contributed by atoms with Gasteiger partial charge in [-0.1, -0.05) is 50.6 Å². The summed E-state index contributed by atoms with van der Waals surface area (Å²) in [7, 11) is -0.978. The fourth-order valence-corrected chi connectivity index (χ4v) is 5.28. The molecule has 0 aliphatic carbocycles. The van der Waals surface area contributed by atoms with E-state index < -0.39 is 43.9 Å². The minimum absolute atomic E-state index is 0.0182. The number of nitrogens with one attached hydrogen (secondary N) is 1. The summed E-state index contributed by atoms with van der Waals surface area (Å²) in [6.45, 7) is 18.6. The molecule has 2 aromatic rings. The number of methoxy groups -OCH3 is 1. The van der Waals surface area contributed by atoms with E-state index in [1.807, 2.05) is 45.9 Å². The standard InChI is InChI=1S/C31H46ClFN2O5Si/c1-21(19-34-26-15-14-22(16-25(26)33)17-28(36)38-8)35(29(37)39-30(2,3)4)20-27(23-12-11-13-24(32)18-23)40-41(9,10)31(5,6)7/h11-16,18,21,27,34H,17,19-20H2,1-10H3. The maximum absolute atomic E-state index is 14.9. The zero-order valence-corrected chi connectivity index (χ0v) is 27.8. The van der Waals surface area contributed by atoms with Crippen molar-refractivity contribution >= 4 is 37.7 Å². The lowest BCUT2D eigenvalue weighted by Crippen LogP contribution is -2.49. The van der Waals surface area contributed by atoms with Gasteiger partial charge in [0.25, 0.3) is 0 Å². The van der Waals surface area contributed by atoms with Gasteiger partial charge >= 0.3 is 12.1 Å². The van der Waals surface area contributed by atoms with E-state index in [0.717, 1.165) is 5.56 Å². The van der Waals surface area contributed by atoms with Crippen molar-refractivity contribution in [3.05, 3.63) is 64.4 Å². The summed E-state index contributed by atoms with van der Waals surface area (Å²) in [5.74, 6) is -0.943. The number of esters is 1. The van der Waals surface area contributed by atoms with Gasteiger partial charge in [-0.2, -0.15) is 0 Å². The predicted molar refractivity (Wildman–Crippen MR) is 165 cm³/mol. The average molecular weight is 609 g/mol. The van der Waals surface area contributed by atoms with Crippen LogP contribution in [0.1, 0.15) is 65.7 Å². The van der Waals surface area contributed by atoms with Crippen molar-refractivity contribution in [1.82, 2.24) is 4.90 Å². The molecule has 228 valence electrons. The van der Waals surface area contributed by atoms with Gasteiger partial charge in [0, 0.05) is 17.6 Å². The van der Waals surface area contributed by atoms with Gasteiger partial charge in [-0.15, -0.1) is 0 Å². The molecular formula is C31H46ClFN2O5Si. The van der Waals surface area contributed by atoms with Crippen LogP contribution in [0, 0.1) is 5.82 Å². The summed E-state index contributed by atoms with van der Waals surface area (Å²) in [5.41, 5.74) is 0.924. The Morgan fingerprint density at radius 3 is 2.27 bits per heavy atom. The number of rotatable bonds is 11. The number of carbonyl (C=O) groups is 2. The number of ether oxygens (including phenoxy) is 2. The van der Waals surface area contributed by atoms with Crippen LogP contribution in [0.4, 0.5) is 14.9 Å². The van der Waals surface area contributed by atoms with Crippen molar-refractivity contribution in [2.45, 2.75) is 90.8 Å². The van der Waals surface area contributed by atoms with Gasteiger partial charge in [0.2, 0.25) is 0 Å². The molecule has 0 spiro atoms. The van der Waals surface area contributed by atoms with Gasteiger partial charge in [0.05, 0.1) is 31.9 Å². The van der Waals surface area contributed by atoms with E-state index in [9.17, 15) is 14.0 Å². The van der Waals surface area contributed by atoms with Gasteiger partial charge in [-0.05, 0) is 81.2 Å². The molecule has 2 aromatic carbocycles. The second-order valence-electron chi connectivity index (χ2n) is 12.9. The third-order valence-corrected chi connectivity index (χ3v) is 11.9. The van der Waals surface area contributed by atoms with E-state index in [1.165, 1.54) is 13.2 Å². The Kier molecular flexibility index (Phi) is 11.8. The molecular weight excluding hydrogens is 563 g/mol. The summed E-state index contributed by atoms with van der Waals surface area (Å²) < 4.78 is 32.2. The zero-order valence-electron chi connectivity index (χ0n) is 26.1. The summed E-state index contributed by atoms with van der Waals surface area (Å²) >= 11 is 6.36. The number of benzene rings is 2.